The summed E-state index contributed by atoms with van der Waals surface area (Å²) in [6, 6.07) is 5.12. The SMILES string of the molecule is CCCCCC(C)(C)CNC(=O)c1cccc(N)c1Cl. The van der Waals surface area contributed by atoms with E-state index in [1.54, 1.807) is 18.2 Å². The van der Waals surface area contributed by atoms with E-state index in [-0.39, 0.29) is 11.3 Å². The molecule has 3 N–H and O–H groups in total. The smallest absolute Gasteiger partial charge is 0.252 e. The molecule has 0 aliphatic heterocycles. The number of halogens is 1. The fourth-order valence-corrected chi connectivity index (χ4v) is 2.29. The molecule has 0 aliphatic carbocycles. The molecule has 0 heterocycles. The van der Waals surface area contributed by atoms with Crippen LogP contribution in [0.2, 0.25) is 5.02 Å². The molecule has 1 rings (SSSR count). The van der Waals surface area contributed by atoms with Crippen LogP contribution in [-0.2, 0) is 0 Å². The van der Waals surface area contributed by atoms with E-state index >= 15 is 0 Å². The number of carbonyl (C=O) groups is 1. The predicted molar refractivity (Wildman–Crippen MR) is 86.1 cm³/mol. The molecule has 0 fully saturated rings. The van der Waals surface area contributed by atoms with Gasteiger partial charge in [0, 0.05) is 6.54 Å². The first-order chi connectivity index (χ1) is 9.37. The van der Waals surface area contributed by atoms with Crippen LogP contribution in [0.25, 0.3) is 0 Å². The molecule has 20 heavy (non-hydrogen) atoms. The van der Waals surface area contributed by atoms with Crippen molar-refractivity contribution in [1.82, 2.24) is 5.32 Å². The zero-order valence-corrected chi connectivity index (χ0v) is 13.4. The van der Waals surface area contributed by atoms with Crippen molar-refractivity contribution < 1.29 is 4.79 Å². The number of rotatable bonds is 7. The van der Waals surface area contributed by atoms with Crippen molar-refractivity contribution >= 4 is 23.2 Å². The van der Waals surface area contributed by atoms with E-state index in [1.165, 1.54) is 19.3 Å². The van der Waals surface area contributed by atoms with Gasteiger partial charge in [-0.05, 0) is 24.0 Å². The van der Waals surface area contributed by atoms with Crippen molar-refractivity contribution in [3.8, 4) is 0 Å². The summed E-state index contributed by atoms with van der Waals surface area (Å²) in [6.07, 6.45) is 4.74. The quantitative estimate of drug-likeness (QED) is 0.583. The second-order valence-electron chi connectivity index (χ2n) is 6.01. The number of nitrogens with one attached hydrogen (secondary N) is 1. The molecule has 1 amide bonds. The highest BCUT2D eigenvalue weighted by atomic mass is 35.5. The van der Waals surface area contributed by atoms with Crippen LogP contribution in [0.15, 0.2) is 18.2 Å². The third-order valence-electron chi connectivity index (χ3n) is 3.46. The Labute approximate surface area is 126 Å². The second-order valence-corrected chi connectivity index (χ2v) is 6.39. The molecule has 0 saturated heterocycles. The summed E-state index contributed by atoms with van der Waals surface area (Å²) in [5, 5.41) is 3.28. The minimum absolute atomic E-state index is 0.0949. The molecule has 3 nitrogen and oxygen atoms in total. The summed E-state index contributed by atoms with van der Waals surface area (Å²) in [5.41, 5.74) is 6.68. The van der Waals surface area contributed by atoms with Crippen molar-refractivity contribution in [1.29, 1.82) is 0 Å². The van der Waals surface area contributed by atoms with E-state index in [0.29, 0.717) is 22.8 Å². The van der Waals surface area contributed by atoms with Gasteiger partial charge in [0.25, 0.3) is 5.91 Å². The number of nitrogens with two attached hydrogens (primary N) is 1. The largest absolute Gasteiger partial charge is 0.398 e. The normalized spacial score (nSPS) is 11.4. The van der Waals surface area contributed by atoms with Gasteiger partial charge in [-0.25, -0.2) is 0 Å². The van der Waals surface area contributed by atoms with Crippen LogP contribution in [0.3, 0.4) is 0 Å². The van der Waals surface area contributed by atoms with Crippen molar-refractivity contribution in [2.75, 3.05) is 12.3 Å². The number of amides is 1. The van der Waals surface area contributed by atoms with Crippen molar-refractivity contribution in [3.05, 3.63) is 28.8 Å². The van der Waals surface area contributed by atoms with Gasteiger partial charge in [0.05, 0.1) is 16.3 Å². The summed E-state index contributed by atoms with van der Waals surface area (Å²) in [6.45, 7) is 7.17. The third kappa shape index (κ3) is 5.04. The standard InChI is InChI=1S/C16H25ClN2O/c1-4-5-6-10-16(2,3)11-19-15(20)12-8-7-9-13(18)14(12)17/h7-9H,4-6,10-11,18H2,1-3H3,(H,19,20). The number of carbonyl (C=O) groups excluding carboxylic acids is 1. The summed E-state index contributed by atoms with van der Waals surface area (Å²) in [7, 11) is 0. The molecule has 0 saturated carbocycles. The van der Waals surface area contributed by atoms with Gasteiger partial charge in [0.2, 0.25) is 0 Å². The zero-order chi connectivity index (χ0) is 15.2. The Hall–Kier alpha value is -1.22. The van der Waals surface area contributed by atoms with E-state index in [1.807, 2.05) is 0 Å². The minimum Gasteiger partial charge on any atom is -0.398 e. The molecular weight excluding hydrogens is 272 g/mol. The predicted octanol–water partition coefficient (Wildman–Crippen LogP) is 4.26. The number of benzene rings is 1. The number of nitrogen functional groups attached to an aromatic ring is 1. The van der Waals surface area contributed by atoms with E-state index in [0.717, 1.165) is 6.42 Å². The Morgan fingerprint density at radius 2 is 2.05 bits per heavy atom. The molecule has 0 aromatic heterocycles. The van der Waals surface area contributed by atoms with Gasteiger partial charge in [0.15, 0.2) is 0 Å². The highest BCUT2D eigenvalue weighted by molar-refractivity contribution is 6.36. The van der Waals surface area contributed by atoms with Crippen molar-refractivity contribution in [2.45, 2.75) is 46.5 Å². The topological polar surface area (TPSA) is 55.1 Å². The molecule has 0 aliphatic rings. The first kappa shape index (κ1) is 16.8. The maximum atomic E-state index is 12.1. The lowest BCUT2D eigenvalue weighted by Crippen LogP contribution is -2.34. The van der Waals surface area contributed by atoms with Crippen LogP contribution in [-0.4, -0.2) is 12.5 Å². The van der Waals surface area contributed by atoms with Gasteiger partial charge in [-0.2, -0.15) is 0 Å². The van der Waals surface area contributed by atoms with Gasteiger partial charge in [-0.1, -0.05) is 57.7 Å². The van der Waals surface area contributed by atoms with E-state index in [4.69, 9.17) is 17.3 Å². The van der Waals surface area contributed by atoms with Crippen LogP contribution in [0.4, 0.5) is 5.69 Å². The molecular formula is C16H25ClN2O. The maximum absolute atomic E-state index is 12.1. The Morgan fingerprint density at radius 3 is 2.70 bits per heavy atom. The molecule has 4 heteroatoms. The van der Waals surface area contributed by atoms with Gasteiger partial charge in [-0.3, -0.25) is 4.79 Å². The summed E-state index contributed by atoms with van der Waals surface area (Å²) in [4.78, 5) is 12.1. The first-order valence-corrected chi connectivity index (χ1v) is 7.57. The van der Waals surface area contributed by atoms with Crippen LogP contribution in [0, 0.1) is 5.41 Å². The number of hydrogen-bond acceptors (Lipinski definition) is 2. The molecule has 112 valence electrons. The first-order valence-electron chi connectivity index (χ1n) is 7.19. The molecule has 0 radical (unpaired) electrons. The Kier molecular flexibility index (Phi) is 6.34. The molecule has 1 aromatic carbocycles. The Balaban J connectivity index is 2.56. The average Bonchev–Trinajstić information content (AvgIpc) is 2.39. The summed E-state index contributed by atoms with van der Waals surface area (Å²) >= 11 is 6.05. The number of hydrogen-bond donors (Lipinski definition) is 2. The highest BCUT2D eigenvalue weighted by Crippen LogP contribution is 2.25. The number of anilines is 1. The monoisotopic (exact) mass is 296 g/mol. The van der Waals surface area contributed by atoms with Crippen LogP contribution < -0.4 is 11.1 Å². The fourth-order valence-electron chi connectivity index (χ4n) is 2.08. The molecule has 0 bridgehead atoms. The zero-order valence-electron chi connectivity index (χ0n) is 12.6. The van der Waals surface area contributed by atoms with Gasteiger partial charge in [-0.15, -0.1) is 0 Å². The molecule has 0 spiro atoms. The van der Waals surface area contributed by atoms with Gasteiger partial charge in [0.1, 0.15) is 0 Å². The summed E-state index contributed by atoms with van der Waals surface area (Å²) in [5.74, 6) is -0.161. The van der Waals surface area contributed by atoms with Crippen molar-refractivity contribution in [3.63, 3.8) is 0 Å². The van der Waals surface area contributed by atoms with Gasteiger partial charge >= 0.3 is 0 Å². The second kappa shape index (κ2) is 7.53. The van der Waals surface area contributed by atoms with E-state index < -0.39 is 0 Å². The molecule has 0 unspecified atom stereocenters. The minimum atomic E-state index is -0.161. The Bertz CT molecular complexity index is 458. The lowest BCUT2D eigenvalue weighted by atomic mass is 9.87. The van der Waals surface area contributed by atoms with Crippen LogP contribution in [0.5, 0.6) is 0 Å². The van der Waals surface area contributed by atoms with E-state index in [9.17, 15) is 4.79 Å². The van der Waals surface area contributed by atoms with Crippen LogP contribution in [0.1, 0.15) is 56.8 Å². The lowest BCUT2D eigenvalue weighted by molar-refractivity contribution is 0.0934. The summed E-state index contributed by atoms with van der Waals surface area (Å²) < 4.78 is 0. The highest BCUT2D eigenvalue weighted by Gasteiger charge is 2.20. The number of unbranched alkanes of at least 4 members (excludes halogenated alkanes) is 2. The van der Waals surface area contributed by atoms with Gasteiger partial charge < -0.3 is 11.1 Å². The molecule has 1 aromatic rings. The van der Waals surface area contributed by atoms with Crippen molar-refractivity contribution in [2.24, 2.45) is 5.41 Å². The maximum Gasteiger partial charge on any atom is 0.252 e. The lowest BCUT2D eigenvalue weighted by Gasteiger charge is -2.25. The molecule has 0 atom stereocenters. The fraction of sp³-hybridized carbons (Fsp3) is 0.562. The van der Waals surface area contributed by atoms with E-state index in [2.05, 4.69) is 26.1 Å². The van der Waals surface area contributed by atoms with Crippen LogP contribution >= 0.6 is 11.6 Å². The Morgan fingerprint density at radius 1 is 1.35 bits per heavy atom. The average molecular weight is 297 g/mol. The third-order valence-corrected chi connectivity index (χ3v) is 3.88.